The number of carbonyl (C=O) groups is 3. The van der Waals surface area contributed by atoms with Gasteiger partial charge in [-0.2, -0.15) is 0 Å². The van der Waals surface area contributed by atoms with Crippen LogP contribution in [0.4, 0.5) is 0 Å². The van der Waals surface area contributed by atoms with Crippen molar-refractivity contribution >= 4 is 17.5 Å². The van der Waals surface area contributed by atoms with Gasteiger partial charge >= 0.3 is 0 Å². The van der Waals surface area contributed by atoms with Crippen LogP contribution in [0.25, 0.3) is 0 Å². The predicted molar refractivity (Wildman–Crippen MR) is 129 cm³/mol. The minimum absolute atomic E-state index is 0.00881. The number of rotatable bonds is 3. The fraction of sp³-hybridized carbons (Fsp3) is 0.429. The van der Waals surface area contributed by atoms with E-state index in [0.29, 0.717) is 50.1 Å². The molecule has 2 heterocycles. The monoisotopic (exact) mass is 458 g/mol. The van der Waals surface area contributed by atoms with Gasteiger partial charge in [0.05, 0.1) is 12.7 Å². The maximum atomic E-state index is 13.4. The Morgan fingerprint density at radius 2 is 1.74 bits per heavy atom. The summed E-state index contributed by atoms with van der Waals surface area (Å²) >= 11 is 0. The second-order valence-corrected chi connectivity index (χ2v) is 9.49. The van der Waals surface area contributed by atoms with Crippen molar-refractivity contribution in [3.05, 3.63) is 58.4 Å². The van der Waals surface area contributed by atoms with E-state index < -0.39 is 5.92 Å². The zero-order chi connectivity index (χ0) is 24.5. The molecule has 34 heavy (non-hydrogen) atoms. The number of carbonyl (C=O) groups excluding carboxylic acids is 3. The van der Waals surface area contributed by atoms with Crippen LogP contribution in [0.1, 0.15) is 71.1 Å². The molecule has 4 rings (SSSR count). The Balaban J connectivity index is 1.49. The van der Waals surface area contributed by atoms with Crippen LogP contribution in [-0.4, -0.2) is 47.6 Å². The number of methoxy groups -OCH3 is 1. The number of pyridine rings is 1. The van der Waals surface area contributed by atoms with Gasteiger partial charge in [-0.05, 0) is 73.9 Å². The molecule has 1 saturated heterocycles. The van der Waals surface area contributed by atoms with Crippen LogP contribution in [0.2, 0.25) is 0 Å². The molecule has 1 aliphatic heterocycles. The van der Waals surface area contributed by atoms with Crippen LogP contribution < -0.4 is 4.74 Å². The fourth-order valence-corrected chi connectivity index (χ4v) is 5.58. The third-order valence-electron chi connectivity index (χ3n) is 7.24. The molecule has 176 valence electrons. The Morgan fingerprint density at radius 1 is 1.12 bits per heavy atom. The van der Waals surface area contributed by atoms with Crippen LogP contribution in [0.15, 0.2) is 30.6 Å². The summed E-state index contributed by atoms with van der Waals surface area (Å²) in [5, 5.41) is 0. The molecule has 1 aromatic carbocycles. The van der Waals surface area contributed by atoms with Crippen molar-refractivity contribution in [3.8, 4) is 17.6 Å². The first-order valence-corrected chi connectivity index (χ1v) is 11.6. The second-order valence-electron chi connectivity index (χ2n) is 9.49. The van der Waals surface area contributed by atoms with Crippen LogP contribution >= 0.6 is 0 Å². The highest BCUT2D eigenvalue weighted by Crippen LogP contribution is 2.47. The number of benzene rings is 1. The first-order chi connectivity index (χ1) is 16.3. The molecule has 0 radical (unpaired) electrons. The molecule has 1 aromatic heterocycles. The standard InChI is InChI=1S/C28H30N2O4/c1-5-6-20-13-18(2)25(19(3)14-20)26-22(31)15-28(16-23(26)32)8-11-30(12-9-28)27(33)21-17-29-10-7-24(21)34-4/h7,10,13-14,17,26H,8-9,11-12,15-16H2,1-4H3. The van der Waals surface area contributed by atoms with E-state index in [1.54, 1.807) is 24.1 Å². The van der Waals surface area contributed by atoms with Gasteiger partial charge in [0.15, 0.2) is 0 Å². The number of aromatic nitrogens is 1. The number of nitrogens with zero attached hydrogens (tertiary/aromatic N) is 2. The number of ether oxygens (including phenoxy) is 1. The van der Waals surface area contributed by atoms with Gasteiger partial charge in [-0.3, -0.25) is 19.4 Å². The summed E-state index contributed by atoms with van der Waals surface area (Å²) in [7, 11) is 1.53. The maximum Gasteiger partial charge on any atom is 0.259 e. The average Bonchev–Trinajstić information content (AvgIpc) is 2.80. The van der Waals surface area contributed by atoms with Gasteiger partial charge in [-0.1, -0.05) is 5.92 Å². The van der Waals surface area contributed by atoms with E-state index in [0.717, 1.165) is 22.3 Å². The summed E-state index contributed by atoms with van der Waals surface area (Å²) in [4.78, 5) is 45.6. The predicted octanol–water partition coefficient (Wildman–Crippen LogP) is 4.02. The van der Waals surface area contributed by atoms with Gasteiger partial charge in [0, 0.05) is 43.9 Å². The van der Waals surface area contributed by atoms with Gasteiger partial charge in [-0.15, -0.1) is 5.92 Å². The van der Waals surface area contributed by atoms with Crippen LogP contribution in [-0.2, 0) is 9.59 Å². The number of likely N-dealkylation sites (tertiary alicyclic amines) is 1. The third kappa shape index (κ3) is 4.35. The lowest BCUT2D eigenvalue weighted by molar-refractivity contribution is -0.138. The zero-order valence-electron chi connectivity index (χ0n) is 20.2. The molecule has 1 spiro atoms. The summed E-state index contributed by atoms with van der Waals surface area (Å²) in [6, 6.07) is 5.59. The zero-order valence-corrected chi connectivity index (χ0v) is 20.2. The number of Topliss-reactive ketones (excluding diaryl/α,β-unsaturated/α-hetero) is 2. The van der Waals surface area contributed by atoms with Gasteiger partial charge in [0.25, 0.3) is 5.91 Å². The molecule has 0 bridgehead atoms. The first kappa shape index (κ1) is 23.7. The Hall–Kier alpha value is -3.46. The highest BCUT2D eigenvalue weighted by atomic mass is 16.5. The maximum absolute atomic E-state index is 13.4. The van der Waals surface area contributed by atoms with Crippen molar-refractivity contribution in [3.63, 3.8) is 0 Å². The first-order valence-electron chi connectivity index (χ1n) is 11.6. The van der Waals surface area contributed by atoms with E-state index in [1.807, 2.05) is 26.0 Å². The molecule has 0 atom stereocenters. The van der Waals surface area contributed by atoms with Crippen LogP contribution in [0.3, 0.4) is 0 Å². The summed E-state index contributed by atoms with van der Waals surface area (Å²) in [5.74, 6) is 5.60. The normalized spacial score (nSPS) is 17.9. The molecule has 1 aliphatic carbocycles. The molecule has 2 aromatic rings. The largest absolute Gasteiger partial charge is 0.496 e. The van der Waals surface area contributed by atoms with Crippen molar-refractivity contribution in [2.24, 2.45) is 5.41 Å². The molecule has 0 unspecified atom stereocenters. The topological polar surface area (TPSA) is 76.6 Å². The van der Waals surface area contributed by atoms with Crippen LogP contribution in [0.5, 0.6) is 5.75 Å². The highest BCUT2D eigenvalue weighted by molar-refractivity contribution is 6.10. The van der Waals surface area contributed by atoms with E-state index in [-0.39, 0.29) is 22.9 Å². The van der Waals surface area contributed by atoms with Crippen LogP contribution in [0, 0.1) is 31.1 Å². The van der Waals surface area contributed by atoms with Crippen molar-refractivity contribution < 1.29 is 19.1 Å². The third-order valence-corrected chi connectivity index (χ3v) is 7.24. The Morgan fingerprint density at radius 3 is 2.29 bits per heavy atom. The number of aryl methyl sites for hydroxylation is 2. The van der Waals surface area contributed by atoms with E-state index in [9.17, 15) is 14.4 Å². The Labute approximate surface area is 200 Å². The lowest BCUT2D eigenvalue weighted by Crippen LogP contribution is -2.48. The van der Waals surface area contributed by atoms with Gasteiger partial charge in [-0.25, -0.2) is 0 Å². The fourth-order valence-electron chi connectivity index (χ4n) is 5.58. The summed E-state index contributed by atoms with van der Waals surface area (Å²) in [6.07, 6.45) is 5.12. The SMILES string of the molecule is CC#Cc1cc(C)c(C2C(=O)CC3(CCN(C(=O)c4cnccc4OC)CC3)CC2=O)c(C)c1. The molecule has 0 N–H and O–H groups in total. The van der Waals surface area contributed by atoms with E-state index >= 15 is 0 Å². The van der Waals surface area contributed by atoms with Gasteiger partial charge in [0.1, 0.15) is 23.2 Å². The molecule has 1 amide bonds. The smallest absolute Gasteiger partial charge is 0.259 e. The molecular formula is C28H30N2O4. The lowest BCUT2D eigenvalue weighted by Gasteiger charge is -2.44. The van der Waals surface area contributed by atoms with Crippen molar-refractivity contribution in [1.29, 1.82) is 0 Å². The molecule has 6 nitrogen and oxygen atoms in total. The number of ketones is 2. The molecule has 2 fully saturated rings. The van der Waals surface area contributed by atoms with E-state index in [4.69, 9.17) is 4.74 Å². The van der Waals surface area contributed by atoms with Crippen molar-refractivity contribution in [2.45, 2.75) is 52.4 Å². The summed E-state index contributed by atoms with van der Waals surface area (Å²) in [6.45, 7) is 6.70. The van der Waals surface area contributed by atoms with E-state index in [2.05, 4.69) is 16.8 Å². The molecular weight excluding hydrogens is 428 g/mol. The lowest BCUT2D eigenvalue weighted by atomic mass is 9.62. The van der Waals surface area contributed by atoms with Crippen molar-refractivity contribution in [1.82, 2.24) is 9.88 Å². The average molecular weight is 459 g/mol. The number of amides is 1. The quantitative estimate of drug-likeness (QED) is 0.513. The van der Waals surface area contributed by atoms with Gasteiger partial charge < -0.3 is 9.64 Å². The Kier molecular flexibility index (Phi) is 6.56. The number of hydrogen-bond acceptors (Lipinski definition) is 5. The second kappa shape index (κ2) is 9.42. The highest BCUT2D eigenvalue weighted by Gasteiger charge is 2.48. The minimum atomic E-state index is -0.700. The molecule has 1 saturated carbocycles. The summed E-state index contributed by atoms with van der Waals surface area (Å²) in [5.41, 5.74) is 3.67. The van der Waals surface area contributed by atoms with E-state index in [1.165, 1.54) is 13.3 Å². The minimum Gasteiger partial charge on any atom is -0.496 e. The van der Waals surface area contributed by atoms with Gasteiger partial charge in [0.2, 0.25) is 0 Å². The van der Waals surface area contributed by atoms with Crippen molar-refractivity contribution in [2.75, 3.05) is 20.2 Å². The Bertz CT molecular complexity index is 1170. The summed E-state index contributed by atoms with van der Waals surface area (Å²) < 4.78 is 5.30. The number of piperidine rings is 1. The molecule has 2 aliphatic rings. The molecule has 6 heteroatoms. The number of hydrogen-bond donors (Lipinski definition) is 0.